The van der Waals surface area contributed by atoms with E-state index in [9.17, 15) is 13.2 Å². The molecule has 0 saturated heterocycles. The third kappa shape index (κ3) is 2.47. The predicted octanol–water partition coefficient (Wildman–Crippen LogP) is 0.432. The summed E-state index contributed by atoms with van der Waals surface area (Å²) in [5.41, 5.74) is 5.30. The topological polar surface area (TPSA) is 86.5 Å². The maximum absolute atomic E-state index is 11.8. The normalized spacial score (nSPS) is 12.8. The van der Waals surface area contributed by atoms with E-state index >= 15 is 0 Å². The van der Waals surface area contributed by atoms with Crippen LogP contribution in [0.25, 0.3) is 0 Å². The Labute approximate surface area is 93.4 Å². The van der Waals surface area contributed by atoms with E-state index in [1.807, 2.05) is 0 Å². The third-order valence-corrected chi connectivity index (χ3v) is 3.63. The number of hydrogen-bond acceptors (Lipinski definition) is 5. The molecule has 0 aromatic heterocycles. The fourth-order valence-corrected chi connectivity index (χ4v) is 2.17. The lowest BCUT2D eigenvalue weighted by atomic mass is 10.4. The molecular formula is C10H11NO4S. The lowest BCUT2D eigenvalue weighted by Gasteiger charge is -2.10. The van der Waals surface area contributed by atoms with E-state index in [1.54, 1.807) is 18.2 Å². The molecule has 0 bridgehead atoms. The quantitative estimate of drug-likeness (QED) is 0.610. The largest absolute Gasteiger partial charge is 0.433 e. The van der Waals surface area contributed by atoms with Crippen LogP contribution in [0.4, 0.5) is 0 Å². The summed E-state index contributed by atoms with van der Waals surface area (Å²) in [7, 11) is -3.90. The molecule has 1 atom stereocenters. The minimum atomic E-state index is -3.90. The molecule has 2 N–H and O–H groups in total. The van der Waals surface area contributed by atoms with Gasteiger partial charge in [0.1, 0.15) is 0 Å². The van der Waals surface area contributed by atoms with Crippen molar-refractivity contribution in [1.82, 2.24) is 0 Å². The van der Waals surface area contributed by atoms with Crippen LogP contribution < -0.4 is 5.73 Å². The Balaban J connectivity index is 3.04. The average Bonchev–Trinajstić information content (AvgIpc) is 2.29. The predicted molar refractivity (Wildman–Crippen MR) is 57.9 cm³/mol. The van der Waals surface area contributed by atoms with Gasteiger partial charge >= 0.3 is 5.97 Å². The number of esters is 1. The third-order valence-electron chi connectivity index (χ3n) is 1.84. The van der Waals surface area contributed by atoms with Crippen LogP contribution in [0.2, 0.25) is 0 Å². The van der Waals surface area contributed by atoms with Crippen molar-refractivity contribution in [3.8, 4) is 0 Å². The molecule has 0 aliphatic heterocycles. The molecule has 86 valence electrons. The van der Waals surface area contributed by atoms with Crippen molar-refractivity contribution >= 4 is 15.8 Å². The van der Waals surface area contributed by atoms with Crippen molar-refractivity contribution in [2.45, 2.75) is 10.3 Å². The molecule has 1 rings (SSSR count). The monoisotopic (exact) mass is 241 g/mol. The number of carbonyl (C=O) groups excluding carboxylic acids is 1. The highest BCUT2D eigenvalue weighted by atomic mass is 32.2. The molecule has 1 aromatic rings. The lowest BCUT2D eigenvalue weighted by molar-refractivity contribution is -0.137. The lowest BCUT2D eigenvalue weighted by Crippen LogP contribution is -2.39. The van der Waals surface area contributed by atoms with Crippen LogP contribution >= 0.6 is 0 Å². The second kappa shape index (κ2) is 4.91. The highest BCUT2D eigenvalue weighted by molar-refractivity contribution is 7.92. The van der Waals surface area contributed by atoms with E-state index in [0.717, 1.165) is 6.26 Å². The summed E-state index contributed by atoms with van der Waals surface area (Å²) in [4.78, 5) is 11.1. The number of nitrogens with two attached hydrogens (primary N) is 1. The fraction of sp³-hybridized carbons (Fsp3) is 0.100. The van der Waals surface area contributed by atoms with Gasteiger partial charge < -0.3 is 10.5 Å². The van der Waals surface area contributed by atoms with Gasteiger partial charge in [0.2, 0.25) is 15.2 Å². The Hall–Kier alpha value is -1.66. The van der Waals surface area contributed by atoms with Crippen molar-refractivity contribution in [3.05, 3.63) is 43.2 Å². The van der Waals surface area contributed by atoms with Gasteiger partial charge in [-0.3, -0.25) is 0 Å². The van der Waals surface area contributed by atoms with Crippen molar-refractivity contribution in [2.24, 2.45) is 5.73 Å². The molecule has 0 fully saturated rings. The molecule has 5 nitrogen and oxygen atoms in total. The Morgan fingerprint density at radius 2 is 1.94 bits per heavy atom. The summed E-state index contributed by atoms with van der Waals surface area (Å²) in [5.74, 6) is -1.06. The van der Waals surface area contributed by atoms with Crippen molar-refractivity contribution in [3.63, 3.8) is 0 Å². The zero-order valence-corrected chi connectivity index (χ0v) is 9.18. The Kier molecular flexibility index (Phi) is 3.81. The number of carbonyl (C=O) groups is 1. The molecule has 16 heavy (non-hydrogen) atoms. The van der Waals surface area contributed by atoms with E-state index < -0.39 is 21.2 Å². The molecule has 0 spiro atoms. The zero-order chi connectivity index (χ0) is 12.2. The summed E-state index contributed by atoms with van der Waals surface area (Å²) in [6, 6.07) is 7.45. The molecule has 0 saturated carbocycles. The molecule has 0 aliphatic carbocycles. The fourth-order valence-electron chi connectivity index (χ4n) is 1.03. The smallest absolute Gasteiger partial charge is 0.343 e. The van der Waals surface area contributed by atoms with E-state index in [1.165, 1.54) is 12.1 Å². The number of sulfone groups is 1. The van der Waals surface area contributed by atoms with Gasteiger partial charge in [0.05, 0.1) is 11.2 Å². The average molecular weight is 241 g/mol. The van der Waals surface area contributed by atoms with Gasteiger partial charge in [-0.15, -0.1) is 0 Å². The molecular weight excluding hydrogens is 230 g/mol. The summed E-state index contributed by atoms with van der Waals surface area (Å²) in [5, 5.41) is -1.74. The number of benzene rings is 1. The molecule has 0 aliphatic rings. The summed E-state index contributed by atoms with van der Waals surface area (Å²) < 4.78 is 27.9. The van der Waals surface area contributed by atoms with Crippen molar-refractivity contribution < 1.29 is 17.9 Å². The van der Waals surface area contributed by atoms with Crippen LogP contribution in [-0.2, 0) is 19.4 Å². The maximum Gasteiger partial charge on any atom is 0.343 e. The molecule has 1 aromatic carbocycles. The van der Waals surface area contributed by atoms with Gasteiger partial charge in [-0.2, -0.15) is 0 Å². The standard InChI is InChI=1S/C10H11NO4S/c1-2-15-10(12)9(11)16(13,14)8-6-4-3-5-7-8/h2-7,9H,1,11H2. The van der Waals surface area contributed by atoms with Gasteiger partial charge in [-0.1, -0.05) is 24.8 Å². The highest BCUT2D eigenvalue weighted by Gasteiger charge is 2.31. The van der Waals surface area contributed by atoms with Gasteiger partial charge in [-0.05, 0) is 12.1 Å². The molecule has 0 heterocycles. The van der Waals surface area contributed by atoms with Gasteiger partial charge in [0.25, 0.3) is 0 Å². The summed E-state index contributed by atoms with van der Waals surface area (Å²) in [6.07, 6.45) is 0.836. The number of ether oxygens (including phenoxy) is 1. The van der Waals surface area contributed by atoms with Crippen LogP contribution in [0.5, 0.6) is 0 Å². The first-order valence-corrected chi connectivity index (χ1v) is 5.90. The van der Waals surface area contributed by atoms with Crippen LogP contribution in [-0.4, -0.2) is 19.8 Å². The van der Waals surface area contributed by atoms with Gasteiger partial charge in [-0.25, -0.2) is 13.2 Å². The van der Waals surface area contributed by atoms with E-state index in [4.69, 9.17) is 5.73 Å². The van der Waals surface area contributed by atoms with E-state index in [-0.39, 0.29) is 4.90 Å². The van der Waals surface area contributed by atoms with E-state index in [0.29, 0.717) is 0 Å². The van der Waals surface area contributed by atoms with Crippen molar-refractivity contribution in [1.29, 1.82) is 0 Å². The Bertz CT molecular complexity index is 481. The first-order chi connectivity index (χ1) is 7.50. The van der Waals surface area contributed by atoms with Gasteiger partial charge in [0.15, 0.2) is 0 Å². The SMILES string of the molecule is C=COC(=O)C(N)S(=O)(=O)c1ccccc1. The summed E-state index contributed by atoms with van der Waals surface area (Å²) >= 11 is 0. The van der Waals surface area contributed by atoms with Crippen LogP contribution in [0.3, 0.4) is 0 Å². The van der Waals surface area contributed by atoms with Crippen LogP contribution in [0.15, 0.2) is 48.1 Å². The number of rotatable bonds is 4. The zero-order valence-electron chi connectivity index (χ0n) is 8.37. The summed E-state index contributed by atoms with van der Waals surface area (Å²) in [6.45, 7) is 3.14. The number of hydrogen-bond donors (Lipinski definition) is 1. The Morgan fingerprint density at radius 3 is 2.44 bits per heavy atom. The molecule has 0 radical (unpaired) electrons. The molecule has 6 heteroatoms. The maximum atomic E-state index is 11.8. The second-order valence-electron chi connectivity index (χ2n) is 2.88. The minimum absolute atomic E-state index is 0.0245. The molecule has 1 unspecified atom stereocenters. The van der Waals surface area contributed by atoms with Gasteiger partial charge in [0, 0.05) is 0 Å². The Morgan fingerprint density at radius 1 is 1.38 bits per heavy atom. The minimum Gasteiger partial charge on any atom is -0.433 e. The van der Waals surface area contributed by atoms with Crippen molar-refractivity contribution in [2.75, 3.05) is 0 Å². The first-order valence-electron chi connectivity index (χ1n) is 4.36. The van der Waals surface area contributed by atoms with Crippen LogP contribution in [0.1, 0.15) is 0 Å². The van der Waals surface area contributed by atoms with Crippen LogP contribution in [0, 0.1) is 0 Å². The highest BCUT2D eigenvalue weighted by Crippen LogP contribution is 2.13. The molecule has 0 amide bonds. The van der Waals surface area contributed by atoms with E-state index in [2.05, 4.69) is 11.3 Å². The first kappa shape index (κ1) is 12.4. The second-order valence-corrected chi connectivity index (χ2v) is 4.95.